The zero-order chi connectivity index (χ0) is 21.8. The van der Waals surface area contributed by atoms with Crippen LogP contribution in [-0.2, 0) is 21.2 Å². The summed E-state index contributed by atoms with van der Waals surface area (Å²) in [6.45, 7) is 0.124. The molecule has 0 saturated carbocycles. The highest BCUT2D eigenvalue weighted by Gasteiger charge is 2.27. The zero-order valence-corrected chi connectivity index (χ0v) is 19.2. The predicted molar refractivity (Wildman–Crippen MR) is 125 cm³/mol. The van der Waals surface area contributed by atoms with E-state index in [-0.39, 0.29) is 18.1 Å². The first-order valence-electron chi connectivity index (χ1n) is 9.43. The van der Waals surface area contributed by atoms with Gasteiger partial charge in [0.15, 0.2) is 11.5 Å². The van der Waals surface area contributed by atoms with E-state index in [0.29, 0.717) is 17.2 Å². The maximum absolute atomic E-state index is 13.1. The van der Waals surface area contributed by atoms with Crippen LogP contribution in [0, 0.1) is 3.57 Å². The molecule has 0 unspecified atom stereocenters. The molecule has 0 aliphatic carbocycles. The number of carbonyl (C=O) groups excluding carboxylic acids is 1. The Labute approximate surface area is 194 Å². The van der Waals surface area contributed by atoms with Crippen molar-refractivity contribution >= 4 is 44.2 Å². The minimum Gasteiger partial charge on any atom is -0.454 e. The summed E-state index contributed by atoms with van der Waals surface area (Å²) in [5.74, 6) is 0.645. The minimum atomic E-state index is -3.90. The van der Waals surface area contributed by atoms with E-state index in [2.05, 4.69) is 32.6 Å². The Morgan fingerprint density at radius 3 is 2.42 bits per heavy atom. The molecule has 1 amide bonds. The Balaban J connectivity index is 1.57. The second-order valence-electron chi connectivity index (χ2n) is 6.87. The number of anilines is 1. The van der Waals surface area contributed by atoms with Crippen LogP contribution in [0.3, 0.4) is 0 Å². The predicted octanol–water partition coefficient (Wildman–Crippen LogP) is 3.55. The van der Waals surface area contributed by atoms with Crippen molar-refractivity contribution < 1.29 is 22.7 Å². The minimum absolute atomic E-state index is 0.0989. The third kappa shape index (κ3) is 5.35. The van der Waals surface area contributed by atoms with Gasteiger partial charge in [-0.15, -0.1) is 0 Å². The van der Waals surface area contributed by atoms with E-state index < -0.39 is 22.0 Å². The lowest BCUT2D eigenvalue weighted by atomic mass is 10.1. The van der Waals surface area contributed by atoms with Crippen molar-refractivity contribution in [2.24, 2.45) is 0 Å². The topological polar surface area (TPSA) is 93.7 Å². The van der Waals surface area contributed by atoms with Gasteiger partial charge >= 0.3 is 0 Å². The molecule has 1 atom stereocenters. The van der Waals surface area contributed by atoms with Gasteiger partial charge in [0.1, 0.15) is 6.04 Å². The van der Waals surface area contributed by atoms with Crippen LogP contribution < -0.4 is 19.5 Å². The summed E-state index contributed by atoms with van der Waals surface area (Å²) in [5, 5.41) is 2.77. The molecule has 9 heteroatoms. The first-order valence-corrected chi connectivity index (χ1v) is 12.0. The van der Waals surface area contributed by atoms with E-state index in [1.807, 2.05) is 30.3 Å². The first kappa shape index (κ1) is 21.6. The van der Waals surface area contributed by atoms with Crippen molar-refractivity contribution in [3.05, 3.63) is 81.9 Å². The summed E-state index contributed by atoms with van der Waals surface area (Å²) in [6.07, 6.45) is 0.195. The van der Waals surface area contributed by atoms with E-state index >= 15 is 0 Å². The molecular weight excluding hydrogens is 531 g/mol. The van der Waals surface area contributed by atoms with Gasteiger partial charge in [0.05, 0.1) is 4.90 Å². The molecule has 1 aliphatic heterocycles. The van der Waals surface area contributed by atoms with Gasteiger partial charge in [-0.25, -0.2) is 8.42 Å². The SMILES string of the molecule is O=C(Nc1ccc2c(c1)OCO2)[C@H](Cc1ccccc1)NS(=O)(=O)c1ccc(I)cc1. The van der Waals surface area contributed by atoms with Gasteiger partial charge in [0, 0.05) is 15.3 Å². The van der Waals surface area contributed by atoms with Gasteiger partial charge in [-0.1, -0.05) is 30.3 Å². The number of halogens is 1. The molecule has 3 aromatic carbocycles. The van der Waals surface area contributed by atoms with Crippen LogP contribution in [0.1, 0.15) is 5.56 Å². The Bertz CT molecular complexity index is 1180. The van der Waals surface area contributed by atoms with E-state index in [9.17, 15) is 13.2 Å². The van der Waals surface area contributed by atoms with Crippen LogP contribution in [0.25, 0.3) is 0 Å². The van der Waals surface area contributed by atoms with Crippen molar-refractivity contribution in [3.63, 3.8) is 0 Å². The average Bonchev–Trinajstić information content (AvgIpc) is 3.22. The summed E-state index contributed by atoms with van der Waals surface area (Å²) < 4.78 is 39.9. The molecule has 7 nitrogen and oxygen atoms in total. The maximum Gasteiger partial charge on any atom is 0.242 e. The summed E-state index contributed by atoms with van der Waals surface area (Å²) in [4.78, 5) is 13.2. The maximum atomic E-state index is 13.1. The summed E-state index contributed by atoms with van der Waals surface area (Å²) in [5.41, 5.74) is 1.32. The fourth-order valence-electron chi connectivity index (χ4n) is 3.11. The lowest BCUT2D eigenvalue weighted by Crippen LogP contribution is -2.45. The number of ether oxygens (including phenoxy) is 2. The highest BCUT2D eigenvalue weighted by atomic mass is 127. The average molecular weight is 550 g/mol. The Morgan fingerprint density at radius 1 is 0.968 bits per heavy atom. The normalized spacial score (nSPS) is 13.6. The molecule has 31 heavy (non-hydrogen) atoms. The van der Waals surface area contributed by atoms with Crippen molar-refractivity contribution in [2.45, 2.75) is 17.4 Å². The molecule has 0 saturated heterocycles. The van der Waals surface area contributed by atoms with E-state index in [1.165, 1.54) is 12.1 Å². The van der Waals surface area contributed by atoms with Gasteiger partial charge in [0.25, 0.3) is 0 Å². The summed E-state index contributed by atoms with van der Waals surface area (Å²) in [7, 11) is -3.90. The van der Waals surface area contributed by atoms with E-state index in [4.69, 9.17) is 9.47 Å². The van der Waals surface area contributed by atoms with Crippen molar-refractivity contribution in [3.8, 4) is 11.5 Å². The molecule has 0 aromatic heterocycles. The smallest absolute Gasteiger partial charge is 0.242 e. The third-order valence-electron chi connectivity index (χ3n) is 4.66. The van der Waals surface area contributed by atoms with Gasteiger partial charge < -0.3 is 14.8 Å². The fourth-order valence-corrected chi connectivity index (χ4v) is 4.67. The molecule has 160 valence electrons. The fraction of sp³-hybridized carbons (Fsp3) is 0.136. The lowest BCUT2D eigenvalue weighted by molar-refractivity contribution is -0.117. The number of carbonyl (C=O) groups is 1. The Kier molecular flexibility index (Phi) is 6.44. The highest BCUT2D eigenvalue weighted by molar-refractivity contribution is 14.1. The number of nitrogens with one attached hydrogen (secondary N) is 2. The highest BCUT2D eigenvalue weighted by Crippen LogP contribution is 2.34. The molecule has 2 N–H and O–H groups in total. The largest absolute Gasteiger partial charge is 0.454 e. The molecule has 1 aliphatic rings. The molecule has 1 heterocycles. The van der Waals surface area contributed by atoms with Crippen LogP contribution in [0.15, 0.2) is 77.7 Å². The van der Waals surface area contributed by atoms with Crippen LogP contribution >= 0.6 is 22.6 Å². The Morgan fingerprint density at radius 2 is 1.68 bits per heavy atom. The van der Waals surface area contributed by atoms with Crippen LogP contribution in [0.2, 0.25) is 0 Å². The molecule has 0 radical (unpaired) electrons. The number of benzene rings is 3. The lowest BCUT2D eigenvalue weighted by Gasteiger charge is -2.19. The molecule has 0 spiro atoms. The van der Waals surface area contributed by atoms with Gasteiger partial charge in [-0.2, -0.15) is 4.72 Å². The van der Waals surface area contributed by atoms with Crippen molar-refractivity contribution in [1.29, 1.82) is 0 Å². The monoisotopic (exact) mass is 550 g/mol. The summed E-state index contributed by atoms with van der Waals surface area (Å²) in [6, 6.07) is 19.7. The van der Waals surface area contributed by atoms with Crippen LogP contribution in [0.5, 0.6) is 11.5 Å². The second-order valence-corrected chi connectivity index (χ2v) is 9.83. The molecular formula is C22H19IN2O5S. The van der Waals surface area contributed by atoms with E-state index in [1.54, 1.807) is 30.3 Å². The summed E-state index contributed by atoms with van der Waals surface area (Å²) >= 11 is 2.10. The Hall–Kier alpha value is -2.63. The van der Waals surface area contributed by atoms with Crippen molar-refractivity contribution in [2.75, 3.05) is 12.1 Å². The molecule has 4 rings (SSSR count). The quantitative estimate of drug-likeness (QED) is 0.439. The number of amides is 1. The standard InChI is InChI=1S/C22H19IN2O5S/c23-16-6-9-18(10-7-16)31(27,28)25-19(12-15-4-2-1-3-5-15)22(26)24-17-8-11-20-21(13-17)30-14-29-20/h1-11,13,19,25H,12,14H2,(H,24,26)/t19-/m0/s1. The van der Waals surface area contributed by atoms with Gasteiger partial charge in [-0.05, 0) is 71.0 Å². The molecule has 0 bridgehead atoms. The van der Waals surface area contributed by atoms with E-state index in [0.717, 1.165) is 9.13 Å². The number of sulfonamides is 1. The first-order chi connectivity index (χ1) is 14.9. The third-order valence-corrected chi connectivity index (χ3v) is 6.87. The second kappa shape index (κ2) is 9.25. The molecule has 3 aromatic rings. The van der Waals surface area contributed by atoms with Gasteiger partial charge in [-0.3, -0.25) is 4.79 Å². The number of fused-ring (bicyclic) bond motifs is 1. The van der Waals surface area contributed by atoms with Crippen LogP contribution in [0.4, 0.5) is 5.69 Å². The van der Waals surface area contributed by atoms with Gasteiger partial charge in [0.2, 0.25) is 22.7 Å². The number of hydrogen-bond donors (Lipinski definition) is 2. The van der Waals surface area contributed by atoms with Crippen LogP contribution in [-0.4, -0.2) is 27.2 Å². The zero-order valence-electron chi connectivity index (χ0n) is 16.2. The number of rotatable bonds is 7. The number of hydrogen-bond acceptors (Lipinski definition) is 5. The molecule has 0 fully saturated rings. The van der Waals surface area contributed by atoms with Crippen molar-refractivity contribution in [1.82, 2.24) is 4.72 Å².